The van der Waals surface area contributed by atoms with Crippen LogP contribution in [-0.2, 0) is 16.0 Å². The fourth-order valence-corrected chi connectivity index (χ4v) is 5.73. The maximum Gasteiger partial charge on any atom is 0.231 e. The zero-order valence-electron chi connectivity index (χ0n) is 25.3. The van der Waals surface area contributed by atoms with Gasteiger partial charge in [0, 0.05) is 48.6 Å². The van der Waals surface area contributed by atoms with E-state index in [0.29, 0.717) is 18.8 Å². The van der Waals surface area contributed by atoms with Gasteiger partial charge in [-0.25, -0.2) is 4.98 Å². The second kappa shape index (κ2) is 16.3. The summed E-state index contributed by atoms with van der Waals surface area (Å²) in [6.45, 7) is 9.43. The molecule has 232 valence electrons. The summed E-state index contributed by atoms with van der Waals surface area (Å²) in [4.78, 5) is 22.9. The summed E-state index contributed by atoms with van der Waals surface area (Å²) < 4.78 is 17.3. The van der Waals surface area contributed by atoms with Crippen LogP contribution in [0, 0.1) is 5.92 Å². The number of anilines is 1. The van der Waals surface area contributed by atoms with E-state index in [9.17, 15) is 4.79 Å². The molecule has 0 spiro atoms. The molecule has 0 unspecified atom stereocenters. The number of unbranched alkanes of at least 4 members (excludes halogenated alkanes) is 2. The Morgan fingerprint density at radius 1 is 1.05 bits per heavy atom. The minimum Gasteiger partial charge on any atom is -0.494 e. The van der Waals surface area contributed by atoms with Crippen LogP contribution in [-0.4, -0.2) is 79.9 Å². The molecule has 3 aromatic rings. The Hall–Kier alpha value is -3.67. The van der Waals surface area contributed by atoms with Gasteiger partial charge in [-0.15, -0.1) is 11.3 Å². The molecule has 3 N–H and O–H groups in total. The highest BCUT2D eigenvalue weighted by Gasteiger charge is 2.22. The first-order valence-corrected chi connectivity index (χ1v) is 15.7. The lowest BCUT2D eigenvalue weighted by Crippen LogP contribution is -2.37. The quantitative estimate of drug-likeness (QED) is 0.0809. The third-order valence-corrected chi connectivity index (χ3v) is 8.46. The Morgan fingerprint density at radius 3 is 2.23 bits per heavy atom. The van der Waals surface area contributed by atoms with Gasteiger partial charge >= 0.3 is 0 Å². The fourth-order valence-electron chi connectivity index (χ4n) is 4.69. The van der Waals surface area contributed by atoms with E-state index in [1.165, 1.54) is 4.88 Å². The molecule has 0 aliphatic carbocycles. The summed E-state index contributed by atoms with van der Waals surface area (Å²) in [6, 6.07) is 15.2. The molecule has 0 saturated carbocycles. The SMILES string of the molecule is CC(C)C(=O)N(C)c1nc(-c2ccc(OCCCCCOc3ccc(C(N)=NO)cc3)cc2)c(CCN2CCOCC2)s1. The average Bonchev–Trinajstić information content (AvgIpc) is 3.47. The molecule has 1 aliphatic heterocycles. The van der Waals surface area contributed by atoms with Crippen LogP contribution in [0.25, 0.3) is 11.3 Å². The third kappa shape index (κ3) is 9.41. The molecule has 0 bridgehead atoms. The number of thiazole rings is 1. The average molecular weight is 610 g/mol. The van der Waals surface area contributed by atoms with Crippen LogP contribution in [0.5, 0.6) is 11.5 Å². The van der Waals surface area contributed by atoms with Gasteiger partial charge in [-0.2, -0.15) is 0 Å². The molecule has 11 heteroatoms. The topological polar surface area (TPSA) is 123 Å². The third-order valence-electron chi connectivity index (χ3n) is 7.27. The molecule has 1 aromatic heterocycles. The number of oxime groups is 1. The molecule has 1 saturated heterocycles. The van der Waals surface area contributed by atoms with Crippen molar-refractivity contribution in [2.24, 2.45) is 16.8 Å². The molecule has 1 fully saturated rings. The predicted molar refractivity (Wildman–Crippen MR) is 171 cm³/mol. The Bertz CT molecular complexity index is 1320. The number of hydrogen-bond acceptors (Lipinski definition) is 9. The van der Waals surface area contributed by atoms with Gasteiger partial charge in [0.2, 0.25) is 5.91 Å². The number of carbonyl (C=O) groups is 1. The lowest BCUT2D eigenvalue weighted by Gasteiger charge is -2.26. The zero-order chi connectivity index (χ0) is 30.6. The van der Waals surface area contributed by atoms with Crippen molar-refractivity contribution < 1.29 is 24.2 Å². The zero-order valence-corrected chi connectivity index (χ0v) is 26.1. The Balaban J connectivity index is 1.27. The highest BCUT2D eigenvalue weighted by Crippen LogP contribution is 2.34. The van der Waals surface area contributed by atoms with Crippen molar-refractivity contribution in [2.45, 2.75) is 39.5 Å². The number of benzene rings is 2. The molecule has 1 aliphatic rings. The van der Waals surface area contributed by atoms with Crippen molar-refractivity contribution in [2.75, 3.05) is 58.0 Å². The van der Waals surface area contributed by atoms with Crippen LogP contribution in [0.2, 0.25) is 0 Å². The second-order valence-corrected chi connectivity index (χ2v) is 11.9. The predicted octanol–water partition coefficient (Wildman–Crippen LogP) is 5.03. The summed E-state index contributed by atoms with van der Waals surface area (Å²) in [5.41, 5.74) is 8.19. The van der Waals surface area contributed by atoms with Crippen molar-refractivity contribution >= 4 is 28.2 Å². The van der Waals surface area contributed by atoms with Gasteiger partial charge in [0.15, 0.2) is 11.0 Å². The van der Waals surface area contributed by atoms with Crippen LogP contribution in [0.3, 0.4) is 0 Å². The van der Waals surface area contributed by atoms with Gasteiger partial charge in [0.05, 0.1) is 32.1 Å². The molecule has 2 aromatic carbocycles. The monoisotopic (exact) mass is 609 g/mol. The minimum absolute atomic E-state index is 0.0595. The normalized spacial score (nSPS) is 14.2. The fraction of sp³-hybridized carbons (Fsp3) is 0.469. The van der Waals surface area contributed by atoms with E-state index < -0.39 is 0 Å². The van der Waals surface area contributed by atoms with Gasteiger partial charge in [-0.1, -0.05) is 19.0 Å². The van der Waals surface area contributed by atoms with E-state index in [1.807, 2.05) is 45.2 Å². The number of ether oxygens (including phenoxy) is 3. The summed E-state index contributed by atoms with van der Waals surface area (Å²) >= 11 is 1.60. The van der Waals surface area contributed by atoms with E-state index in [-0.39, 0.29) is 17.7 Å². The molecule has 10 nitrogen and oxygen atoms in total. The Morgan fingerprint density at radius 2 is 1.65 bits per heavy atom. The highest BCUT2D eigenvalue weighted by atomic mass is 32.1. The second-order valence-electron chi connectivity index (χ2n) is 10.8. The van der Waals surface area contributed by atoms with Crippen LogP contribution >= 0.6 is 11.3 Å². The van der Waals surface area contributed by atoms with E-state index in [4.69, 9.17) is 30.1 Å². The number of aromatic nitrogens is 1. The van der Waals surface area contributed by atoms with Gasteiger partial charge in [-0.3, -0.25) is 14.6 Å². The maximum absolute atomic E-state index is 12.7. The molecule has 1 amide bonds. The number of amides is 1. The Labute approximate surface area is 258 Å². The van der Waals surface area contributed by atoms with Crippen molar-refractivity contribution in [1.82, 2.24) is 9.88 Å². The molecule has 0 atom stereocenters. The first-order chi connectivity index (χ1) is 20.9. The highest BCUT2D eigenvalue weighted by molar-refractivity contribution is 7.16. The van der Waals surface area contributed by atoms with Gasteiger partial charge < -0.3 is 25.2 Å². The number of rotatable bonds is 15. The molecule has 43 heavy (non-hydrogen) atoms. The van der Waals surface area contributed by atoms with Crippen LogP contribution in [0.4, 0.5) is 5.13 Å². The van der Waals surface area contributed by atoms with E-state index in [2.05, 4.69) is 22.2 Å². The van der Waals surface area contributed by atoms with E-state index in [1.54, 1.807) is 28.4 Å². The lowest BCUT2D eigenvalue weighted by atomic mass is 10.1. The smallest absolute Gasteiger partial charge is 0.231 e. The number of carbonyl (C=O) groups excluding carboxylic acids is 1. The number of nitrogens with two attached hydrogens (primary N) is 1. The molecular formula is C32H43N5O5S. The van der Waals surface area contributed by atoms with Gasteiger partial charge in [0.25, 0.3) is 0 Å². The van der Waals surface area contributed by atoms with E-state index in [0.717, 1.165) is 86.4 Å². The van der Waals surface area contributed by atoms with Crippen molar-refractivity contribution in [3.05, 3.63) is 59.0 Å². The molecule has 2 heterocycles. The lowest BCUT2D eigenvalue weighted by molar-refractivity contribution is -0.121. The molecular weight excluding hydrogens is 566 g/mol. The summed E-state index contributed by atoms with van der Waals surface area (Å²) in [5.74, 6) is 1.61. The number of hydrogen-bond donors (Lipinski definition) is 2. The van der Waals surface area contributed by atoms with Crippen LogP contribution in [0.1, 0.15) is 43.6 Å². The summed E-state index contributed by atoms with van der Waals surface area (Å²) in [7, 11) is 1.81. The van der Waals surface area contributed by atoms with Crippen molar-refractivity contribution in [1.29, 1.82) is 0 Å². The van der Waals surface area contributed by atoms with E-state index >= 15 is 0 Å². The van der Waals surface area contributed by atoms with Crippen molar-refractivity contribution in [3.63, 3.8) is 0 Å². The molecule has 4 rings (SSSR count). The number of morpholine rings is 1. The van der Waals surface area contributed by atoms with Crippen molar-refractivity contribution in [3.8, 4) is 22.8 Å². The first-order valence-electron chi connectivity index (χ1n) is 14.9. The summed E-state index contributed by atoms with van der Waals surface area (Å²) in [5, 5.41) is 12.5. The first kappa shape index (κ1) is 32.2. The van der Waals surface area contributed by atoms with Gasteiger partial charge in [-0.05, 0) is 74.2 Å². The van der Waals surface area contributed by atoms with Crippen LogP contribution in [0.15, 0.2) is 53.7 Å². The van der Waals surface area contributed by atoms with Gasteiger partial charge in [0.1, 0.15) is 11.5 Å². The number of nitrogens with zero attached hydrogens (tertiary/aromatic N) is 4. The molecule has 0 radical (unpaired) electrons. The maximum atomic E-state index is 12.7. The largest absolute Gasteiger partial charge is 0.494 e. The summed E-state index contributed by atoms with van der Waals surface area (Å²) in [6.07, 6.45) is 3.69. The Kier molecular flexibility index (Phi) is 12.2. The number of amidine groups is 1. The minimum atomic E-state index is -0.0931. The standard InChI is InChI=1S/C32H43N5O5S/c1-23(2)31(38)36(3)32-34-29(28(43-32)15-16-37-17-21-40-22-18-37)24-7-11-26(12-8-24)41-19-5-4-6-20-42-27-13-9-25(10-14-27)30(33)35-39/h7-14,23,39H,4-6,15-22H2,1-3H3,(H2,33,35). The van der Waals surface area contributed by atoms with Crippen LogP contribution < -0.4 is 20.1 Å².